The first-order valence-corrected chi connectivity index (χ1v) is 9.04. The van der Waals surface area contributed by atoms with Gasteiger partial charge in [-0.05, 0) is 42.3 Å². The number of halogens is 2. The highest BCUT2D eigenvalue weighted by molar-refractivity contribution is 6.48. The van der Waals surface area contributed by atoms with Crippen molar-refractivity contribution in [2.75, 3.05) is 12.4 Å². The van der Waals surface area contributed by atoms with Crippen LogP contribution in [0.15, 0.2) is 53.2 Å². The summed E-state index contributed by atoms with van der Waals surface area (Å²) >= 11 is 12.2. The van der Waals surface area contributed by atoms with E-state index in [0.717, 1.165) is 10.5 Å². The molecular weight excluding hydrogens is 403 g/mol. The number of carbonyl (C=O) groups is 3. The third-order valence-corrected chi connectivity index (χ3v) is 5.11. The maximum Gasteiger partial charge on any atom is 0.337 e. The predicted molar refractivity (Wildman–Crippen MR) is 106 cm³/mol. The van der Waals surface area contributed by atoms with Crippen molar-refractivity contribution in [2.24, 2.45) is 0 Å². The molecule has 1 N–H and O–H groups in total. The fourth-order valence-electron chi connectivity index (χ4n) is 2.72. The van der Waals surface area contributed by atoms with E-state index >= 15 is 0 Å². The molecule has 0 aromatic heterocycles. The smallest absolute Gasteiger partial charge is 0.337 e. The number of amides is 2. The molecule has 0 bridgehead atoms. The second kappa shape index (κ2) is 8.04. The van der Waals surface area contributed by atoms with E-state index < -0.39 is 17.8 Å². The van der Waals surface area contributed by atoms with Crippen molar-refractivity contribution < 1.29 is 19.1 Å². The Bertz CT molecular complexity index is 1000. The largest absolute Gasteiger partial charge is 0.465 e. The van der Waals surface area contributed by atoms with Crippen LogP contribution in [-0.2, 0) is 20.9 Å². The molecule has 0 spiro atoms. The van der Waals surface area contributed by atoms with Gasteiger partial charge in [-0.1, -0.05) is 41.4 Å². The van der Waals surface area contributed by atoms with Crippen LogP contribution in [0, 0.1) is 6.92 Å². The summed E-state index contributed by atoms with van der Waals surface area (Å²) in [5, 5.41) is 3.26. The molecule has 0 aliphatic carbocycles. The fraction of sp³-hybridized carbons (Fsp3) is 0.150. The van der Waals surface area contributed by atoms with Gasteiger partial charge in [0.2, 0.25) is 0 Å². The zero-order valence-corrected chi connectivity index (χ0v) is 16.6. The van der Waals surface area contributed by atoms with E-state index in [0.29, 0.717) is 21.8 Å². The number of imide groups is 1. The van der Waals surface area contributed by atoms with Gasteiger partial charge in [0.05, 0.1) is 19.2 Å². The molecule has 0 fully saturated rings. The molecule has 3 rings (SSSR count). The van der Waals surface area contributed by atoms with Gasteiger partial charge in [0, 0.05) is 10.7 Å². The lowest BCUT2D eigenvalue weighted by molar-refractivity contribution is -0.138. The second-order valence-electron chi connectivity index (χ2n) is 6.11. The Balaban J connectivity index is 1.79. The van der Waals surface area contributed by atoms with Crippen LogP contribution in [0.3, 0.4) is 0 Å². The average Bonchev–Trinajstić information content (AvgIpc) is 2.89. The first-order valence-electron chi connectivity index (χ1n) is 8.29. The lowest BCUT2D eigenvalue weighted by atomic mass is 10.1. The standard InChI is InChI=1S/C20H16Cl2N2O4/c1-11-14(21)4-3-5-15(11)23-17-16(22)18(25)24(19(17)26)10-12-6-8-13(9-7-12)20(27)28-2/h3-9,23H,10H2,1-2H3. The molecule has 2 aromatic rings. The van der Waals surface area contributed by atoms with Gasteiger partial charge in [0.1, 0.15) is 10.7 Å². The zero-order valence-electron chi connectivity index (χ0n) is 15.1. The van der Waals surface area contributed by atoms with E-state index in [1.807, 2.05) is 0 Å². The first kappa shape index (κ1) is 19.9. The highest BCUT2D eigenvalue weighted by atomic mass is 35.5. The number of anilines is 1. The number of hydrogen-bond acceptors (Lipinski definition) is 5. The van der Waals surface area contributed by atoms with Gasteiger partial charge >= 0.3 is 5.97 Å². The molecular formula is C20H16Cl2N2O4. The Morgan fingerprint density at radius 2 is 1.75 bits per heavy atom. The number of esters is 1. The minimum Gasteiger partial charge on any atom is -0.465 e. The number of nitrogens with one attached hydrogen (secondary N) is 1. The van der Waals surface area contributed by atoms with Crippen LogP contribution in [0.5, 0.6) is 0 Å². The Labute approximate surface area is 171 Å². The zero-order chi connectivity index (χ0) is 20.4. The SMILES string of the molecule is COC(=O)c1ccc(CN2C(=O)C(Cl)=C(Nc3cccc(Cl)c3C)C2=O)cc1. The molecule has 8 heteroatoms. The van der Waals surface area contributed by atoms with E-state index in [-0.39, 0.29) is 17.3 Å². The summed E-state index contributed by atoms with van der Waals surface area (Å²) in [6, 6.07) is 11.6. The topological polar surface area (TPSA) is 75.7 Å². The summed E-state index contributed by atoms with van der Waals surface area (Å²) in [6.45, 7) is 1.82. The quantitative estimate of drug-likeness (QED) is 0.589. The van der Waals surface area contributed by atoms with E-state index in [1.54, 1.807) is 49.4 Å². The molecule has 1 heterocycles. The Hall–Kier alpha value is -2.83. The van der Waals surface area contributed by atoms with Crippen LogP contribution in [0.2, 0.25) is 5.02 Å². The van der Waals surface area contributed by atoms with Crippen LogP contribution >= 0.6 is 23.2 Å². The third-order valence-electron chi connectivity index (χ3n) is 4.35. The average molecular weight is 419 g/mol. The van der Waals surface area contributed by atoms with E-state index in [2.05, 4.69) is 10.1 Å². The van der Waals surface area contributed by atoms with Crippen molar-refractivity contribution in [3.8, 4) is 0 Å². The second-order valence-corrected chi connectivity index (χ2v) is 6.90. The first-order chi connectivity index (χ1) is 13.3. The fourth-order valence-corrected chi connectivity index (χ4v) is 3.13. The summed E-state index contributed by atoms with van der Waals surface area (Å²) in [4.78, 5) is 37.8. The van der Waals surface area contributed by atoms with E-state index in [9.17, 15) is 14.4 Å². The summed E-state index contributed by atoms with van der Waals surface area (Å²) in [5.74, 6) is -1.59. The number of rotatable bonds is 5. The molecule has 6 nitrogen and oxygen atoms in total. The number of methoxy groups -OCH3 is 1. The van der Waals surface area contributed by atoms with Gasteiger partial charge in [0.15, 0.2) is 0 Å². The van der Waals surface area contributed by atoms with Crippen molar-refractivity contribution in [1.29, 1.82) is 0 Å². The van der Waals surface area contributed by atoms with Gasteiger partial charge in [-0.15, -0.1) is 0 Å². The number of benzene rings is 2. The third kappa shape index (κ3) is 3.74. The number of nitrogens with zero attached hydrogens (tertiary/aromatic N) is 1. The molecule has 1 aliphatic rings. The number of carbonyl (C=O) groups excluding carboxylic acids is 3. The Kier molecular flexibility index (Phi) is 5.72. The lowest BCUT2D eigenvalue weighted by Crippen LogP contribution is -2.31. The maximum atomic E-state index is 12.7. The Morgan fingerprint density at radius 1 is 1.07 bits per heavy atom. The van der Waals surface area contributed by atoms with Crippen LogP contribution in [0.4, 0.5) is 5.69 Å². The molecule has 0 atom stereocenters. The molecule has 0 saturated carbocycles. The molecule has 2 amide bonds. The van der Waals surface area contributed by atoms with Gasteiger partial charge in [0.25, 0.3) is 11.8 Å². The van der Waals surface area contributed by atoms with Crippen LogP contribution in [0.25, 0.3) is 0 Å². The Morgan fingerprint density at radius 3 is 2.39 bits per heavy atom. The van der Waals surface area contributed by atoms with Crippen molar-refractivity contribution in [3.05, 3.63) is 74.9 Å². The van der Waals surface area contributed by atoms with Crippen LogP contribution in [0.1, 0.15) is 21.5 Å². The van der Waals surface area contributed by atoms with Crippen LogP contribution < -0.4 is 5.32 Å². The minimum absolute atomic E-state index is 0.00298. The predicted octanol–water partition coefficient (Wildman–Crippen LogP) is 3.87. The maximum absolute atomic E-state index is 12.7. The van der Waals surface area contributed by atoms with E-state index in [4.69, 9.17) is 23.2 Å². The summed E-state index contributed by atoms with van der Waals surface area (Å²) in [7, 11) is 1.29. The molecule has 1 aliphatic heterocycles. The highest BCUT2D eigenvalue weighted by Crippen LogP contribution is 2.30. The van der Waals surface area contributed by atoms with Gasteiger partial charge in [-0.3, -0.25) is 14.5 Å². The van der Waals surface area contributed by atoms with Crippen molar-refractivity contribution in [2.45, 2.75) is 13.5 Å². The molecule has 0 saturated heterocycles. The van der Waals surface area contributed by atoms with Gasteiger partial charge in [-0.2, -0.15) is 0 Å². The van der Waals surface area contributed by atoms with E-state index in [1.165, 1.54) is 7.11 Å². The number of ether oxygens (including phenoxy) is 1. The lowest BCUT2D eigenvalue weighted by Gasteiger charge is -2.16. The van der Waals surface area contributed by atoms with Crippen molar-refractivity contribution in [1.82, 2.24) is 4.90 Å². The molecule has 144 valence electrons. The van der Waals surface area contributed by atoms with Crippen molar-refractivity contribution >= 4 is 46.7 Å². The van der Waals surface area contributed by atoms with Gasteiger partial charge in [-0.25, -0.2) is 4.79 Å². The summed E-state index contributed by atoms with van der Waals surface area (Å²) in [6.07, 6.45) is 0. The highest BCUT2D eigenvalue weighted by Gasteiger charge is 2.38. The molecule has 0 radical (unpaired) electrons. The van der Waals surface area contributed by atoms with Crippen molar-refractivity contribution in [3.63, 3.8) is 0 Å². The summed E-state index contributed by atoms with van der Waals surface area (Å²) in [5.41, 5.74) is 2.37. The monoisotopic (exact) mass is 418 g/mol. The summed E-state index contributed by atoms with van der Waals surface area (Å²) < 4.78 is 4.65. The van der Waals surface area contributed by atoms with Crippen LogP contribution in [-0.4, -0.2) is 29.8 Å². The molecule has 28 heavy (non-hydrogen) atoms. The molecule has 2 aromatic carbocycles. The number of hydrogen-bond donors (Lipinski definition) is 1. The molecule has 0 unspecified atom stereocenters. The normalized spacial score (nSPS) is 13.9. The minimum atomic E-state index is -0.592. The van der Waals surface area contributed by atoms with Gasteiger partial charge < -0.3 is 10.1 Å².